The highest BCUT2D eigenvalue weighted by molar-refractivity contribution is 5.00. The molecular weight excluding hydrogens is 188 g/mol. The van der Waals surface area contributed by atoms with Gasteiger partial charge in [-0.15, -0.1) is 0 Å². The zero-order chi connectivity index (χ0) is 10.6. The molecule has 15 heavy (non-hydrogen) atoms. The van der Waals surface area contributed by atoms with Gasteiger partial charge in [0, 0.05) is 19.3 Å². The fraction of sp³-hybridized carbons (Fsp3) is 0.692. The summed E-state index contributed by atoms with van der Waals surface area (Å²) in [5, 5.41) is 12.2. The molecule has 0 saturated carbocycles. The van der Waals surface area contributed by atoms with E-state index in [9.17, 15) is 5.11 Å². The summed E-state index contributed by atoms with van der Waals surface area (Å²) in [6.45, 7) is 0. The smallest absolute Gasteiger partial charge is 0.244 e. The van der Waals surface area contributed by atoms with Gasteiger partial charge in [0.05, 0.1) is 5.76 Å². The van der Waals surface area contributed by atoms with Crippen molar-refractivity contribution >= 4 is 0 Å². The second-order valence-electron chi connectivity index (χ2n) is 4.50. The van der Waals surface area contributed by atoms with Gasteiger partial charge in [-0.05, 0) is 31.8 Å². The minimum atomic E-state index is -1.18. The Labute approximate surface area is 91.6 Å². The second-order valence-corrected chi connectivity index (χ2v) is 4.50. The van der Waals surface area contributed by atoms with Crippen LogP contribution in [-0.2, 0) is 9.84 Å². The quantitative estimate of drug-likeness (QED) is 0.501. The highest BCUT2D eigenvalue weighted by Crippen LogP contribution is 2.30. The van der Waals surface area contributed by atoms with Crippen LogP contribution in [0.15, 0.2) is 24.0 Å². The molecule has 83 valence electrons. The molecule has 0 amide bonds. The van der Waals surface area contributed by atoms with Crippen molar-refractivity contribution in [2.45, 2.75) is 57.2 Å². The maximum atomic E-state index is 12.2. The number of ether oxygens (including phenoxy) is 1. The Hall–Kier alpha value is -0.760. The summed E-state index contributed by atoms with van der Waals surface area (Å²) < 4.78 is 5.65. The molecule has 1 unspecified atom stereocenters. The van der Waals surface area contributed by atoms with Crippen molar-refractivity contribution < 1.29 is 9.84 Å². The zero-order valence-electron chi connectivity index (χ0n) is 9.21. The van der Waals surface area contributed by atoms with Gasteiger partial charge in [0.1, 0.15) is 0 Å². The standard InChI is InChI=1S/C13H19O2/c14-13(10-6-3-7-11-13)15-12-8-4-1-2-5-9-12/h3,6,8H,1-2,4-5,7,9-11H2. The number of rotatable bonds is 2. The molecule has 1 atom stereocenters. The molecule has 0 aromatic carbocycles. The molecule has 0 aromatic heterocycles. The van der Waals surface area contributed by atoms with Gasteiger partial charge < -0.3 is 4.74 Å². The number of allylic oxidation sites excluding steroid dienone is 3. The highest BCUT2D eigenvalue weighted by Gasteiger charge is 2.32. The van der Waals surface area contributed by atoms with Crippen LogP contribution in [0.25, 0.3) is 0 Å². The molecular formula is C13H19O2. The van der Waals surface area contributed by atoms with Crippen LogP contribution in [0.5, 0.6) is 0 Å². The van der Waals surface area contributed by atoms with Crippen molar-refractivity contribution in [3.05, 3.63) is 24.0 Å². The Morgan fingerprint density at radius 3 is 2.87 bits per heavy atom. The van der Waals surface area contributed by atoms with Crippen LogP contribution in [0.4, 0.5) is 0 Å². The molecule has 0 spiro atoms. The van der Waals surface area contributed by atoms with Crippen LogP contribution in [0.1, 0.15) is 51.4 Å². The monoisotopic (exact) mass is 207 g/mol. The van der Waals surface area contributed by atoms with Crippen molar-refractivity contribution in [2.24, 2.45) is 0 Å². The van der Waals surface area contributed by atoms with Gasteiger partial charge in [0.25, 0.3) is 0 Å². The molecule has 2 rings (SSSR count). The van der Waals surface area contributed by atoms with Crippen LogP contribution in [0.2, 0.25) is 0 Å². The van der Waals surface area contributed by atoms with Crippen molar-refractivity contribution in [3.8, 4) is 0 Å². The lowest BCUT2D eigenvalue weighted by Gasteiger charge is -2.28. The van der Waals surface area contributed by atoms with Gasteiger partial charge in [-0.1, -0.05) is 18.6 Å². The Morgan fingerprint density at radius 1 is 1.13 bits per heavy atom. The lowest BCUT2D eigenvalue weighted by Crippen LogP contribution is -2.31. The Bertz CT molecular complexity index is 268. The predicted molar refractivity (Wildman–Crippen MR) is 58.7 cm³/mol. The topological polar surface area (TPSA) is 29.1 Å². The third-order valence-corrected chi connectivity index (χ3v) is 3.10. The van der Waals surface area contributed by atoms with E-state index in [1.54, 1.807) is 0 Å². The van der Waals surface area contributed by atoms with Crippen molar-refractivity contribution in [1.29, 1.82) is 0 Å². The van der Waals surface area contributed by atoms with E-state index in [-0.39, 0.29) is 0 Å². The number of hydrogen-bond acceptors (Lipinski definition) is 1. The summed E-state index contributed by atoms with van der Waals surface area (Å²) in [6.07, 6.45) is 13.8. The molecule has 0 N–H and O–H groups in total. The normalized spacial score (nSPS) is 31.9. The number of hydrogen-bond donors (Lipinski definition) is 0. The van der Waals surface area contributed by atoms with Gasteiger partial charge in [0.15, 0.2) is 0 Å². The second kappa shape index (κ2) is 4.84. The summed E-state index contributed by atoms with van der Waals surface area (Å²) in [6, 6.07) is 0. The maximum absolute atomic E-state index is 12.2. The molecule has 0 saturated heterocycles. The van der Waals surface area contributed by atoms with E-state index in [2.05, 4.69) is 12.2 Å². The summed E-state index contributed by atoms with van der Waals surface area (Å²) >= 11 is 0. The van der Waals surface area contributed by atoms with E-state index >= 15 is 0 Å². The Morgan fingerprint density at radius 2 is 2.07 bits per heavy atom. The third-order valence-electron chi connectivity index (χ3n) is 3.10. The first-order valence-electron chi connectivity index (χ1n) is 6.02. The molecule has 0 fully saturated rings. The molecule has 2 aliphatic rings. The van der Waals surface area contributed by atoms with Crippen LogP contribution in [0.3, 0.4) is 0 Å². The van der Waals surface area contributed by atoms with Crippen LogP contribution >= 0.6 is 0 Å². The largest absolute Gasteiger partial charge is 0.464 e. The van der Waals surface area contributed by atoms with Crippen molar-refractivity contribution in [3.63, 3.8) is 0 Å². The Balaban J connectivity index is 1.94. The summed E-state index contributed by atoms with van der Waals surface area (Å²) in [4.78, 5) is 0. The van der Waals surface area contributed by atoms with E-state index in [0.29, 0.717) is 12.8 Å². The first-order valence-corrected chi connectivity index (χ1v) is 6.02. The van der Waals surface area contributed by atoms with Gasteiger partial charge in [-0.2, -0.15) is 5.11 Å². The molecule has 0 aliphatic heterocycles. The van der Waals surface area contributed by atoms with Crippen molar-refractivity contribution in [2.75, 3.05) is 0 Å². The summed E-state index contributed by atoms with van der Waals surface area (Å²) in [5.41, 5.74) is 0. The lowest BCUT2D eigenvalue weighted by atomic mass is 10.0. The minimum absolute atomic E-state index is 0.518. The molecule has 2 nitrogen and oxygen atoms in total. The van der Waals surface area contributed by atoms with Gasteiger partial charge in [0.2, 0.25) is 5.79 Å². The molecule has 1 radical (unpaired) electrons. The molecule has 0 aromatic rings. The fourth-order valence-corrected chi connectivity index (χ4v) is 2.20. The zero-order valence-corrected chi connectivity index (χ0v) is 9.21. The van der Waals surface area contributed by atoms with E-state index < -0.39 is 5.79 Å². The van der Waals surface area contributed by atoms with E-state index in [0.717, 1.165) is 31.4 Å². The van der Waals surface area contributed by atoms with Crippen LogP contribution in [-0.4, -0.2) is 5.79 Å². The average molecular weight is 207 g/mol. The summed E-state index contributed by atoms with van der Waals surface area (Å²) in [7, 11) is 0. The average Bonchev–Trinajstić information content (AvgIpc) is 2.47. The maximum Gasteiger partial charge on any atom is 0.244 e. The van der Waals surface area contributed by atoms with Crippen LogP contribution in [0, 0.1) is 0 Å². The van der Waals surface area contributed by atoms with E-state index in [4.69, 9.17) is 4.74 Å². The van der Waals surface area contributed by atoms with Crippen molar-refractivity contribution in [1.82, 2.24) is 0 Å². The minimum Gasteiger partial charge on any atom is -0.464 e. The van der Waals surface area contributed by atoms with E-state index in [1.807, 2.05) is 6.08 Å². The predicted octanol–water partition coefficient (Wildman–Crippen LogP) is 3.72. The molecule has 0 heterocycles. The van der Waals surface area contributed by atoms with Gasteiger partial charge >= 0.3 is 0 Å². The molecule has 0 bridgehead atoms. The van der Waals surface area contributed by atoms with Gasteiger partial charge in [-0.3, -0.25) is 0 Å². The first kappa shape index (κ1) is 10.7. The fourth-order valence-electron chi connectivity index (χ4n) is 2.20. The van der Waals surface area contributed by atoms with Crippen LogP contribution < -0.4 is 0 Å². The molecule has 2 heteroatoms. The molecule has 2 aliphatic carbocycles. The lowest BCUT2D eigenvalue weighted by molar-refractivity contribution is -0.222. The highest BCUT2D eigenvalue weighted by atomic mass is 16.6. The SMILES string of the molecule is [O]C1(OC2=CCCCCC2)CC=CCC1. The summed E-state index contributed by atoms with van der Waals surface area (Å²) in [5.74, 6) is -0.233. The first-order chi connectivity index (χ1) is 7.29. The van der Waals surface area contributed by atoms with Gasteiger partial charge in [-0.25, -0.2) is 0 Å². The van der Waals surface area contributed by atoms with E-state index in [1.165, 1.54) is 12.8 Å². The Kier molecular flexibility index (Phi) is 3.47. The third kappa shape index (κ3) is 3.10.